The molecule has 0 heterocycles. The van der Waals surface area contributed by atoms with Crippen molar-refractivity contribution >= 4 is 5.97 Å². The van der Waals surface area contributed by atoms with Crippen LogP contribution in [0.5, 0.6) is 0 Å². The molecule has 1 aromatic rings. The summed E-state index contributed by atoms with van der Waals surface area (Å²) in [5, 5.41) is 0. The second-order valence-electron chi connectivity index (χ2n) is 4.30. The Kier molecular flexibility index (Phi) is 3.89. The molecule has 0 bridgehead atoms. The number of hydrogen-bond donors (Lipinski definition) is 0. The van der Waals surface area contributed by atoms with Crippen molar-refractivity contribution in [2.75, 3.05) is 0 Å². The maximum absolute atomic E-state index is 11.6. The van der Waals surface area contributed by atoms with Gasteiger partial charge in [0.25, 0.3) is 0 Å². The van der Waals surface area contributed by atoms with Crippen molar-refractivity contribution in [3.63, 3.8) is 0 Å². The largest absolute Gasteiger partial charge is 0.460 e. The summed E-state index contributed by atoms with van der Waals surface area (Å²) < 4.78 is 5.24. The number of carbonyl (C=O) groups is 1. The molecular weight excluding hydrogens is 188 g/mol. The molecule has 0 aliphatic carbocycles. The molecule has 0 fully saturated rings. The Morgan fingerprint density at radius 1 is 1.27 bits per heavy atom. The zero-order chi connectivity index (χ0) is 11.3. The molecule has 0 unspecified atom stereocenters. The van der Waals surface area contributed by atoms with Gasteiger partial charge < -0.3 is 4.74 Å². The maximum atomic E-state index is 11.6. The van der Waals surface area contributed by atoms with E-state index in [2.05, 4.69) is 0 Å². The van der Waals surface area contributed by atoms with E-state index in [0.717, 1.165) is 12.0 Å². The van der Waals surface area contributed by atoms with Crippen molar-refractivity contribution in [1.82, 2.24) is 0 Å². The Bertz CT molecular complexity index is 315. The average Bonchev–Trinajstić information content (AvgIpc) is 2.27. The minimum absolute atomic E-state index is 0.131. The lowest BCUT2D eigenvalue weighted by Crippen LogP contribution is -2.25. The molecule has 82 valence electrons. The van der Waals surface area contributed by atoms with Crippen LogP contribution in [0, 0.1) is 5.41 Å². The van der Waals surface area contributed by atoms with Crippen molar-refractivity contribution in [3.05, 3.63) is 35.9 Å². The number of hydrogen-bond acceptors (Lipinski definition) is 2. The van der Waals surface area contributed by atoms with Crippen LogP contribution in [0.3, 0.4) is 0 Å². The molecule has 15 heavy (non-hydrogen) atoms. The monoisotopic (exact) mass is 206 g/mol. The van der Waals surface area contributed by atoms with Gasteiger partial charge in [0.2, 0.25) is 0 Å². The summed E-state index contributed by atoms with van der Waals surface area (Å²) >= 11 is 0. The van der Waals surface area contributed by atoms with Gasteiger partial charge in [0.1, 0.15) is 6.61 Å². The van der Waals surface area contributed by atoms with Crippen molar-refractivity contribution in [3.8, 4) is 0 Å². The summed E-state index contributed by atoms with van der Waals surface area (Å²) in [4.78, 5) is 11.6. The highest BCUT2D eigenvalue weighted by atomic mass is 16.5. The lowest BCUT2D eigenvalue weighted by molar-refractivity contribution is -0.155. The first-order chi connectivity index (χ1) is 7.06. The van der Waals surface area contributed by atoms with Crippen LogP contribution in [0.25, 0.3) is 0 Å². The van der Waals surface area contributed by atoms with Crippen LogP contribution in [0.2, 0.25) is 0 Å². The first kappa shape index (κ1) is 11.8. The lowest BCUT2D eigenvalue weighted by atomic mass is 9.91. The zero-order valence-electron chi connectivity index (χ0n) is 9.62. The number of benzene rings is 1. The normalized spacial score (nSPS) is 11.1. The summed E-state index contributed by atoms with van der Waals surface area (Å²) in [6.07, 6.45) is 0.792. The fraction of sp³-hybridized carbons (Fsp3) is 0.462. The second-order valence-corrected chi connectivity index (χ2v) is 4.30. The molecule has 1 aromatic carbocycles. The van der Waals surface area contributed by atoms with Gasteiger partial charge in [0.05, 0.1) is 5.41 Å². The molecule has 0 aliphatic heterocycles. The second kappa shape index (κ2) is 4.96. The van der Waals surface area contributed by atoms with Gasteiger partial charge in [-0.05, 0) is 25.8 Å². The van der Waals surface area contributed by atoms with Crippen LogP contribution in [-0.4, -0.2) is 5.97 Å². The molecule has 0 amide bonds. The highest BCUT2D eigenvalue weighted by Crippen LogP contribution is 2.22. The quantitative estimate of drug-likeness (QED) is 0.707. The van der Waals surface area contributed by atoms with Crippen LogP contribution < -0.4 is 0 Å². The van der Waals surface area contributed by atoms with Gasteiger partial charge in [0.15, 0.2) is 0 Å². The lowest BCUT2D eigenvalue weighted by Gasteiger charge is -2.20. The Hall–Kier alpha value is -1.31. The van der Waals surface area contributed by atoms with Gasteiger partial charge in [-0.1, -0.05) is 37.3 Å². The minimum atomic E-state index is -0.380. The van der Waals surface area contributed by atoms with E-state index in [-0.39, 0.29) is 11.4 Å². The molecule has 0 radical (unpaired) electrons. The van der Waals surface area contributed by atoms with E-state index in [1.54, 1.807) is 0 Å². The van der Waals surface area contributed by atoms with Gasteiger partial charge in [-0.3, -0.25) is 4.79 Å². The summed E-state index contributed by atoms with van der Waals surface area (Å²) in [5.41, 5.74) is 0.646. The third kappa shape index (κ3) is 3.39. The van der Waals surface area contributed by atoms with E-state index in [1.807, 2.05) is 51.1 Å². The van der Waals surface area contributed by atoms with Crippen molar-refractivity contribution in [2.45, 2.75) is 33.8 Å². The third-order valence-corrected chi connectivity index (χ3v) is 2.65. The molecule has 1 rings (SSSR count). The van der Waals surface area contributed by atoms with E-state index in [4.69, 9.17) is 4.74 Å². The third-order valence-electron chi connectivity index (χ3n) is 2.65. The highest BCUT2D eigenvalue weighted by Gasteiger charge is 2.26. The summed E-state index contributed by atoms with van der Waals surface area (Å²) in [5.74, 6) is -0.131. The minimum Gasteiger partial charge on any atom is -0.460 e. The fourth-order valence-corrected chi connectivity index (χ4v) is 1.06. The molecule has 0 spiro atoms. The number of carbonyl (C=O) groups excluding carboxylic acids is 1. The standard InChI is InChI=1S/C13H18O2/c1-4-13(2,3)12(14)15-10-11-8-6-5-7-9-11/h5-9H,4,10H2,1-3H3. The Labute approximate surface area is 91.3 Å². The predicted molar refractivity (Wildman–Crippen MR) is 60.3 cm³/mol. The molecule has 0 aliphatic rings. The SMILES string of the molecule is CCC(C)(C)C(=O)OCc1ccccc1. The van der Waals surface area contributed by atoms with Crippen LogP contribution in [0.1, 0.15) is 32.8 Å². The Balaban J connectivity index is 2.48. The first-order valence-electron chi connectivity index (χ1n) is 5.27. The summed E-state index contributed by atoms with van der Waals surface area (Å²) in [6.45, 7) is 6.16. The number of esters is 1. The van der Waals surface area contributed by atoms with E-state index >= 15 is 0 Å². The van der Waals surface area contributed by atoms with Gasteiger partial charge in [-0.25, -0.2) is 0 Å². The van der Waals surface area contributed by atoms with Crippen LogP contribution in [0.4, 0.5) is 0 Å². The molecule has 2 nitrogen and oxygen atoms in total. The summed E-state index contributed by atoms with van der Waals surface area (Å²) in [6, 6.07) is 9.72. The topological polar surface area (TPSA) is 26.3 Å². The Morgan fingerprint density at radius 2 is 1.87 bits per heavy atom. The Morgan fingerprint density at radius 3 is 2.40 bits per heavy atom. The van der Waals surface area contributed by atoms with Crippen LogP contribution >= 0.6 is 0 Å². The fourth-order valence-electron chi connectivity index (χ4n) is 1.06. The zero-order valence-corrected chi connectivity index (χ0v) is 9.62. The number of rotatable bonds is 4. The average molecular weight is 206 g/mol. The molecule has 2 heteroatoms. The van der Waals surface area contributed by atoms with Gasteiger partial charge >= 0.3 is 5.97 Å². The molecule has 0 saturated heterocycles. The van der Waals surface area contributed by atoms with Gasteiger partial charge in [-0.2, -0.15) is 0 Å². The van der Waals surface area contributed by atoms with Crippen molar-refractivity contribution in [1.29, 1.82) is 0 Å². The van der Waals surface area contributed by atoms with Gasteiger partial charge in [0, 0.05) is 0 Å². The van der Waals surface area contributed by atoms with E-state index in [1.165, 1.54) is 0 Å². The molecular formula is C13H18O2. The van der Waals surface area contributed by atoms with Crippen molar-refractivity contribution < 1.29 is 9.53 Å². The molecule has 0 aromatic heterocycles. The molecule has 0 atom stereocenters. The predicted octanol–water partition coefficient (Wildman–Crippen LogP) is 3.17. The smallest absolute Gasteiger partial charge is 0.311 e. The first-order valence-corrected chi connectivity index (χ1v) is 5.27. The van der Waals surface area contributed by atoms with E-state index in [9.17, 15) is 4.79 Å². The van der Waals surface area contributed by atoms with Crippen LogP contribution in [-0.2, 0) is 16.1 Å². The molecule has 0 saturated carbocycles. The molecule has 0 N–H and O–H groups in total. The van der Waals surface area contributed by atoms with Crippen molar-refractivity contribution in [2.24, 2.45) is 5.41 Å². The van der Waals surface area contributed by atoms with Crippen LogP contribution in [0.15, 0.2) is 30.3 Å². The number of ether oxygens (including phenoxy) is 1. The maximum Gasteiger partial charge on any atom is 0.311 e. The van der Waals surface area contributed by atoms with E-state index in [0.29, 0.717) is 6.61 Å². The highest BCUT2D eigenvalue weighted by molar-refractivity contribution is 5.75. The summed E-state index contributed by atoms with van der Waals surface area (Å²) in [7, 11) is 0. The van der Waals surface area contributed by atoms with E-state index < -0.39 is 0 Å². The van der Waals surface area contributed by atoms with Gasteiger partial charge in [-0.15, -0.1) is 0 Å².